The van der Waals surface area contributed by atoms with Crippen LogP contribution in [-0.4, -0.2) is 4.89 Å². The van der Waals surface area contributed by atoms with Crippen LogP contribution in [0.4, 0.5) is 8.78 Å². The fraction of sp³-hybridized carbons (Fsp3) is 0.111. The van der Waals surface area contributed by atoms with Gasteiger partial charge in [0.05, 0.1) is 18.8 Å². The highest BCUT2D eigenvalue weighted by molar-refractivity contribution is 7.56. The van der Waals surface area contributed by atoms with E-state index in [1.54, 1.807) is 6.07 Å². The molecule has 0 saturated carbocycles. The van der Waals surface area contributed by atoms with Crippen molar-refractivity contribution in [2.24, 2.45) is 0 Å². The largest absolute Gasteiger partial charge is 0.354 e. The highest BCUT2D eigenvalue weighted by atomic mass is 31.2. The molecule has 0 radical (unpaired) electrons. The zero-order valence-corrected chi connectivity index (χ0v) is 8.53. The number of halogens is 2. The van der Waals surface area contributed by atoms with E-state index < -0.39 is 13.4 Å². The Balaban J connectivity index is 2.66. The van der Waals surface area contributed by atoms with Crippen LogP contribution in [-0.2, 0) is 15.7 Å². The first-order valence-corrected chi connectivity index (χ1v) is 5.68. The van der Waals surface area contributed by atoms with Gasteiger partial charge in [-0.1, -0.05) is 18.2 Å². The van der Waals surface area contributed by atoms with Gasteiger partial charge in [0, 0.05) is 5.56 Å². The number of benzene rings is 1. The lowest BCUT2D eigenvalue weighted by molar-refractivity contribution is 0.255. The molecule has 3 nitrogen and oxygen atoms in total. The van der Waals surface area contributed by atoms with Crippen molar-refractivity contribution in [3.05, 3.63) is 47.8 Å². The second-order valence-corrected chi connectivity index (χ2v) is 4.39. The van der Waals surface area contributed by atoms with E-state index in [-0.39, 0.29) is 18.5 Å². The normalized spacial score (nSPS) is 15.4. The Morgan fingerprint density at radius 1 is 1.47 bits per heavy atom. The molecule has 15 heavy (non-hydrogen) atoms. The van der Waals surface area contributed by atoms with Gasteiger partial charge >= 0.3 is 7.60 Å². The lowest BCUT2D eigenvalue weighted by atomic mass is 10.2. The average Bonchev–Trinajstić information content (AvgIpc) is 2.16. The van der Waals surface area contributed by atoms with Gasteiger partial charge in [-0.3, -0.25) is 4.57 Å². The Kier molecular flexibility index (Phi) is 4.15. The van der Waals surface area contributed by atoms with Crippen LogP contribution >= 0.6 is 7.60 Å². The minimum Gasteiger partial charge on any atom is -0.321 e. The topological polar surface area (TPSA) is 46.5 Å². The maximum Gasteiger partial charge on any atom is 0.354 e. The molecule has 0 bridgehead atoms. The molecular formula is C9H9F2O3P. The van der Waals surface area contributed by atoms with E-state index in [0.717, 1.165) is 0 Å². The fourth-order valence-electron chi connectivity index (χ4n) is 0.892. The fourth-order valence-corrected chi connectivity index (χ4v) is 1.44. The summed E-state index contributed by atoms with van der Waals surface area (Å²) in [6.45, 7) is -0.384. The van der Waals surface area contributed by atoms with Crippen LogP contribution < -0.4 is 0 Å². The average molecular weight is 234 g/mol. The molecule has 6 heteroatoms. The highest BCUT2D eigenvalue weighted by Gasteiger charge is 2.15. The molecule has 1 aromatic rings. The Bertz CT molecular complexity index is 406. The molecular weight excluding hydrogens is 225 g/mol. The number of rotatable bonds is 4. The predicted molar refractivity (Wildman–Crippen MR) is 51.3 cm³/mol. The molecule has 1 aromatic carbocycles. The van der Waals surface area contributed by atoms with Crippen LogP contribution in [0.2, 0.25) is 0 Å². The molecule has 0 heterocycles. The van der Waals surface area contributed by atoms with Gasteiger partial charge in [0.25, 0.3) is 0 Å². The first kappa shape index (κ1) is 12.0. The number of hydrogen-bond donors (Lipinski definition) is 1. The molecule has 1 atom stereocenters. The summed E-state index contributed by atoms with van der Waals surface area (Å²) in [6, 6.07) is 5.66. The lowest BCUT2D eigenvalue weighted by Crippen LogP contribution is -1.93. The maximum atomic E-state index is 13.0. The van der Waals surface area contributed by atoms with Gasteiger partial charge in [0.15, 0.2) is 0 Å². The molecule has 1 rings (SSSR count). The first-order valence-electron chi connectivity index (χ1n) is 4.03. The molecule has 0 aliphatic rings. The van der Waals surface area contributed by atoms with Crippen LogP contribution in [0.15, 0.2) is 36.4 Å². The second kappa shape index (κ2) is 5.16. The van der Waals surface area contributed by atoms with Gasteiger partial charge in [-0.2, -0.15) is 0 Å². The molecule has 0 aliphatic carbocycles. The Morgan fingerprint density at radius 2 is 2.13 bits per heavy atom. The van der Waals surface area contributed by atoms with E-state index in [9.17, 15) is 13.3 Å². The van der Waals surface area contributed by atoms with Gasteiger partial charge < -0.3 is 9.42 Å². The molecule has 0 fully saturated rings. The molecule has 0 spiro atoms. The summed E-state index contributed by atoms with van der Waals surface area (Å²) in [6.07, 6.45) is -0.0812. The second-order valence-electron chi connectivity index (χ2n) is 2.70. The summed E-state index contributed by atoms with van der Waals surface area (Å²) < 4.78 is 40.1. The summed E-state index contributed by atoms with van der Waals surface area (Å²) in [5.74, 6) is -0.143. The monoisotopic (exact) mass is 234 g/mol. The minimum atomic E-state index is -4.10. The SMILES string of the molecule is O=P(O)(C=CF)OCc1ccccc1F. The van der Waals surface area contributed by atoms with E-state index in [4.69, 9.17) is 4.89 Å². The Hall–Kier alpha value is -1.03. The van der Waals surface area contributed by atoms with Gasteiger partial charge in [-0.25, -0.2) is 8.78 Å². The van der Waals surface area contributed by atoms with Crippen molar-refractivity contribution < 1.29 is 22.8 Å². The van der Waals surface area contributed by atoms with Gasteiger partial charge in [0.1, 0.15) is 5.82 Å². The van der Waals surface area contributed by atoms with Crippen LogP contribution in [0.1, 0.15) is 5.56 Å². The van der Waals surface area contributed by atoms with Gasteiger partial charge in [-0.05, 0) is 6.07 Å². The maximum absolute atomic E-state index is 13.0. The zero-order chi connectivity index (χ0) is 11.3. The summed E-state index contributed by atoms with van der Waals surface area (Å²) in [4.78, 5) is 8.95. The Morgan fingerprint density at radius 3 is 2.73 bits per heavy atom. The van der Waals surface area contributed by atoms with E-state index in [0.29, 0.717) is 5.82 Å². The van der Waals surface area contributed by atoms with Crippen molar-refractivity contribution in [1.29, 1.82) is 0 Å². The molecule has 1 N–H and O–H groups in total. The minimum absolute atomic E-state index is 0.0812. The van der Waals surface area contributed by atoms with Crippen molar-refractivity contribution in [1.82, 2.24) is 0 Å². The summed E-state index contributed by atoms with van der Waals surface area (Å²) in [7, 11) is -4.10. The van der Waals surface area contributed by atoms with Gasteiger partial charge in [0.2, 0.25) is 0 Å². The van der Waals surface area contributed by atoms with E-state index in [1.807, 2.05) is 0 Å². The molecule has 82 valence electrons. The molecule has 0 aliphatic heterocycles. The molecule has 0 saturated heterocycles. The molecule has 1 unspecified atom stereocenters. The van der Waals surface area contributed by atoms with E-state index >= 15 is 0 Å². The molecule has 0 amide bonds. The standard InChI is InChI=1S/C9H9F2O3P/c10-5-6-15(12,13)14-7-8-3-1-2-4-9(8)11/h1-6H,7H2,(H,12,13). The van der Waals surface area contributed by atoms with Crippen molar-refractivity contribution in [3.8, 4) is 0 Å². The molecule has 0 aromatic heterocycles. The predicted octanol–water partition coefficient (Wildman–Crippen LogP) is 2.97. The van der Waals surface area contributed by atoms with Crippen LogP contribution in [0, 0.1) is 5.82 Å². The lowest BCUT2D eigenvalue weighted by Gasteiger charge is -2.07. The third-order valence-electron chi connectivity index (χ3n) is 1.61. The van der Waals surface area contributed by atoms with Crippen LogP contribution in [0.5, 0.6) is 0 Å². The highest BCUT2D eigenvalue weighted by Crippen LogP contribution is 2.44. The van der Waals surface area contributed by atoms with Crippen LogP contribution in [0.25, 0.3) is 0 Å². The third-order valence-corrected chi connectivity index (χ3v) is 2.60. The smallest absolute Gasteiger partial charge is 0.321 e. The number of hydrogen-bond acceptors (Lipinski definition) is 2. The van der Waals surface area contributed by atoms with Crippen molar-refractivity contribution in [3.63, 3.8) is 0 Å². The Labute approximate surface area is 85.5 Å². The quantitative estimate of drug-likeness (QED) is 0.814. The van der Waals surface area contributed by atoms with E-state index in [1.165, 1.54) is 18.2 Å². The summed E-state index contributed by atoms with van der Waals surface area (Å²) in [5.41, 5.74) is 0.138. The first-order chi connectivity index (χ1) is 7.05. The van der Waals surface area contributed by atoms with Gasteiger partial charge in [-0.15, -0.1) is 0 Å². The van der Waals surface area contributed by atoms with Crippen LogP contribution in [0.3, 0.4) is 0 Å². The van der Waals surface area contributed by atoms with Crippen molar-refractivity contribution in [2.45, 2.75) is 6.61 Å². The van der Waals surface area contributed by atoms with Crippen molar-refractivity contribution >= 4 is 7.60 Å². The summed E-state index contributed by atoms with van der Waals surface area (Å²) >= 11 is 0. The zero-order valence-electron chi connectivity index (χ0n) is 7.64. The van der Waals surface area contributed by atoms with E-state index in [2.05, 4.69) is 4.52 Å². The summed E-state index contributed by atoms with van der Waals surface area (Å²) in [5, 5.41) is 0. The van der Waals surface area contributed by atoms with Crippen molar-refractivity contribution in [2.75, 3.05) is 0 Å². The third kappa shape index (κ3) is 3.91.